The topological polar surface area (TPSA) is 81.8 Å². The third-order valence-corrected chi connectivity index (χ3v) is 2.00. The van der Waals surface area contributed by atoms with Crippen molar-refractivity contribution in [2.45, 2.75) is 12.5 Å². The number of nitrogens with zero attached hydrogens (tertiary/aromatic N) is 1. The van der Waals surface area contributed by atoms with Gasteiger partial charge in [0, 0.05) is 0 Å². The zero-order valence-corrected chi connectivity index (χ0v) is 8.34. The largest absolute Gasteiger partial charge is 0.468 e. The van der Waals surface area contributed by atoms with Gasteiger partial charge < -0.3 is 10.5 Å². The van der Waals surface area contributed by atoms with Gasteiger partial charge in [-0.05, 0) is 29.3 Å². The molecule has 1 atom stereocenters. The molecule has 0 saturated heterocycles. The van der Waals surface area contributed by atoms with Gasteiger partial charge in [0.05, 0.1) is 7.11 Å². The number of benzene rings is 1. The Hall–Kier alpha value is -1.75. The summed E-state index contributed by atoms with van der Waals surface area (Å²) in [7, 11) is 1.29. The quantitative estimate of drug-likeness (QED) is 0.594. The van der Waals surface area contributed by atoms with E-state index in [9.17, 15) is 9.70 Å². The van der Waals surface area contributed by atoms with Gasteiger partial charge in [-0.25, -0.2) is 0 Å². The van der Waals surface area contributed by atoms with E-state index in [4.69, 9.17) is 5.73 Å². The molecular weight excluding hydrogens is 196 g/mol. The smallest absolute Gasteiger partial charge is 0.322 e. The van der Waals surface area contributed by atoms with Gasteiger partial charge in [0.15, 0.2) is 0 Å². The van der Waals surface area contributed by atoms with E-state index in [0.717, 1.165) is 5.56 Å². The van der Waals surface area contributed by atoms with Crippen molar-refractivity contribution in [2.75, 3.05) is 7.11 Å². The first-order valence-electron chi connectivity index (χ1n) is 4.43. The fourth-order valence-corrected chi connectivity index (χ4v) is 1.18. The van der Waals surface area contributed by atoms with Crippen molar-refractivity contribution in [3.05, 3.63) is 34.7 Å². The molecule has 5 nitrogen and oxygen atoms in total. The Kier molecular flexibility index (Phi) is 3.93. The zero-order chi connectivity index (χ0) is 11.3. The van der Waals surface area contributed by atoms with Gasteiger partial charge in [0.25, 0.3) is 0 Å². The molecule has 80 valence electrons. The molecule has 1 aromatic carbocycles. The molecule has 0 amide bonds. The van der Waals surface area contributed by atoms with Crippen LogP contribution in [0.25, 0.3) is 0 Å². The molecule has 0 radical (unpaired) electrons. The SMILES string of the molecule is COC(=O)[C@@H](N)Cc1ccc(N=O)cc1. The van der Waals surface area contributed by atoms with E-state index < -0.39 is 12.0 Å². The van der Waals surface area contributed by atoms with Crippen molar-refractivity contribution in [3.63, 3.8) is 0 Å². The van der Waals surface area contributed by atoms with Crippen molar-refractivity contribution in [1.82, 2.24) is 0 Å². The Morgan fingerprint density at radius 1 is 1.47 bits per heavy atom. The van der Waals surface area contributed by atoms with Crippen LogP contribution in [-0.2, 0) is 16.0 Å². The molecule has 0 spiro atoms. The number of nitrogens with two attached hydrogens (primary N) is 1. The Morgan fingerprint density at radius 3 is 2.53 bits per heavy atom. The average molecular weight is 208 g/mol. The number of rotatable bonds is 4. The van der Waals surface area contributed by atoms with E-state index in [2.05, 4.69) is 9.91 Å². The van der Waals surface area contributed by atoms with Crippen molar-refractivity contribution in [1.29, 1.82) is 0 Å². The van der Waals surface area contributed by atoms with Crippen LogP contribution in [0.1, 0.15) is 5.56 Å². The Bertz CT molecular complexity index is 348. The van der Waals surface area contributed by atoms with Crippen LogP contribution < -0.4 is 5.73 Å². The lowest BCUT2D eigenvalue weighted by atomic mass is 10.1. The predicted octanol–water partition coefficient (Wildman–Crippen LogP) is 1.13. The molecule has 2 N–H and O–H groups in total. The number of carbonyl (C=O) groups excluding carboxylic acids is 1. The van der Waals surface area contributed by atoms with Gasteiger partial charge in [0.1, 0.15) is 11.7 Å². The summed E-state index contributed by atoms with van der Waals surface area (Å²) in [5, 5.41) is 2.77. The molecule has 0 fully saturated rings. The highest BCUT2D eigenvalue weighted by Crippen LogP contribution is 2.13. The van der Waals surface area contributed by atoms with E-state index in [0.29, 0.717) is 12.1 Å². The minimum atomic E-state index is -0.676. The molecule has 0 aliphatic heterocycles. The number of ether oxygens (including phenoxy) is 1. The number of carbonyl (C=O) groups is 1. The Morgan fingerprint density at radius 2 is 2.07 bits per heavy atom. The molecule has 0 saturated carbocycles. The minimum Gasteiger partial charge on any atom is -0.468 e. The van der Waals surface area contributed by atoms with Crippen molar-refractivity contribution >= 4 is 11.7 Å². The van der Waals surface area contributed by atoms with Crippen molar-refractivity contribution in [2.24, 2.45) is 10.9 Å². The highest BCUT2D eigenvalue weighted by molar-refractivity contribution is 5.75. The zero-order valence-electron chi connectivity index (χ0n) is 8.34. The summed E-state index contributed by atoms with van der Waals surface area (Å²) in [5.74, 6) is -0.451. The van der Waals surface area contributed by atoms with Gasteiger partial charge in [-0.3, -0.25) is 4.79 Å². The van der Waals surface area contributed by atoms with E-state index in [1.54, 1.807) is 24.3 Å². The fraction of sp³-hybridized carbons (Fsp3) is 0.300. The molecule has 0 bridgehead atoms. The van der Waals surface area contributed by atoms with Crippen LogP contribution in [0.5, 0.6) is 0 Å². The second-order valence-corrected chi connectivity index (χ2v) is 3.09. The van der Waals surface area contributed by atoms with Crippen LogP contribution in [0.4, 0.5) is 5.69 Å². The highest BCUT2D eigenvalue weighted by atomic mass is 16.5. The highest BCUT2D eigenvalue weighted by Gasteiger charge is 2.13. The molecule has 0 aliphatic carbocycles. The number of hydrogen-bond acceptors (Lipinski definition) is 5. The summed E-state index contributed by atoms with van der Waals surface area (Å²) in [4.78, 5) is 21.2. The first kappa shape index (κ1) is 11.3. The molecule has 1 rings (SSSR count). The third-order valence-electron chi connectivity index (χ3n) is 2.00. The Balaban J connectivity index is 2.64. The van der Waals surface area contributed by atoms with Crippen molar-refractivity contribution in [3.8, 4) is 0 Å². The third kappa shape index (κ3) is 3.14. The van der Waals surface area contributed by atoms with E-state index in [1.807, 2.05) is 0 Å². The Labute approximate surface area is 87.2 Å². The van der Waals surface area contributed by atoms with Gasteiger partial charge in [-0.15, -0.1) is 4.91 Å². The van der Waals surface area contributed by atoms with Crippen molar-refractivity contribution < 1.29 is 9.53 Å². The maximum atomic E-state index is 11.0. The summed E-state index contributed by atoms with van der Waals surface area (Å²) >= 11 is 0. The summed E-state index contributed by atoms with van der Waals surface area (Å²) in [6, 6.07) is 5.89. The monoisotopic (exact) mass is 208 g/mol. The first-order chi connectivity index (χ1) is 7.17. The average Bonchev–Trinajstić information content (AvgIpc) is 2.29. The van der Waals surface area contributed by atoms with Crippen LogP contribution in [0.2, 0.25) is 0 Å². The molecule has 1 aromatic rings. The van der Waals surface area contributed by atoms with Gasteiger partial charge in [-0.2, -0.15) is 0 Å². The molecule has 0 unspecified atom stereocenters. The molecule has 0 heterocycles. The minimum absolute atomic E-state index is 0.352. The maximum Gasteiger partial charge on any atom is 0.322 e. The lowest BCUT2D eigenvalue weighted by Crippen LogP contribution is -2.33. The number of nitroso groups, excluding NO2 is 1. The normalized spacial score (nSPS) is 11.9. The fourth-order valence-electron chi connectivity index (χ4n) is 1.18. The summed E-state index contributed by atoms with van der Waals surface area (Å²) in [6.07, 6.45) is 0.381. The lowest BCUT2D eigenvalue weighted by Gasteiger charge is -2.08. The standard InChI is InChI=1S/C10H12N2O3/c1-15-10(13)9(11)6-7-2-4-8(12-14)5-3-7/h2-5,9H,6,11H2,1H3/t9-/m0/s1. The molecular formula is C10H12N2O3. The van der Waals surface area contributed by atoms with Crippen LogP contribution in [0.15, 0.2) is 29.4 Å². The second-order valence-electron chi connectivity index (χ2n) is 3.09. The van der Waals surface area contributed by atoms with Gasteiger partial charge in [0.2, 0.25) is 0 Å². The summed E-state index contributed by atoms with van der Waals surface area (Å²) in [5.41, 5.74) is 6.78. The van der Waals surface area contributed by atoms with Crippen LogP contribution >= 0.6 is 0 Å². The molecule has 15 heavy (non-hydrogen) atoms. The van der Waals surface area contributed by atoms with Crippen LogP contribution in [0.3, 0.4) is 0 Å². The van der Waals surface area contributed by atoms with Crippen LogP contribution in [0, 0.1) is 4.91 Å². The predicted molar refractivity (Wildman–Crippen MR) is 55.6 cm³/mol. The first-order valence-corrected chi connectivity index (χ1v) is 4.43. The number of esters is 1. The van der Waals surface area contributed by atoms with Gasteiger partial charge >= 0.3 is 5.97 Å². The maximum absolute atomic E-state index is 11.0. The van der Waals surface area contributed by atoms with Crippen LogP contribution in [-0.4, -0.2) is 19.1 Å². The number of hydrogen-bond donors (Lipinski definition) is 1. The van der Waals surface area contributed by atoms with E-state index in [-0.39, 0.29) is 0 Å². The number of methoxy groups -OCH3 is 1. The molecule has 5 heteroatoms. The second kappa shape index (κ2) is 5.21. The summed E-state index contributed by atoms with van der Waals surface area (Å²) < 4.78 is 4.50. The van der Waals surface area contributed by atoms with E-state index >= 15 is 0 Å². The van der Waals surface area contributed by atoms with Gasteiger partial charge in [-0.1, -0.05) is 12.1 Å². The lowest BCUT2D eigenvalue weighted by molar-refractivity contribution is -0.142. The molecule has 0 aromatic heterocycles. The summed E-state index contributed by atoms with van der Waals surface area (Å²) in [6.45, 7) is 0. The molecule has 0 aliphatic rings. The van der Waals surface area contributed by atoms with E-state index in [1.165, 1.54) is 7.11 Å².